The predicted molar refractivity (Wildman–Crippen MR) is 101 cm³/mol. The number of allylic oxidation sites excluding steroid dienone is 2. The van der Waals surface area contributed by atoms with Gasteiger partial charge in [0.25, 0.3) is 0 Å². The summed E-state index contributed by atoms with van der Waals surface area (Å²) in [7, 11) is -13.2. The van der Waals surface area contributed by atoms with Gasteiger partial charge < -0.3 is 4.90 Å². The van der Waals surface area contributed by atoms with Gasteiger partial charge in [-0.1, -0.05) is 54.8 Å². The van der Waals surface area contributed by atoms with Gasteiger partial charge in [-0.25, -0.2) is 16.8 Å². The zero-order chi connectivity index (χ0) is 23.6. The average Bonchev–Trinajstić information content (AvgIpc) is 2.56. The molecule has 6 nitrogen and oxygen atoms in total. The maximum Gasteiger partial charge on any atom is 0.512 e. The van der Waals surface area contributed by atoms with Gasteiger partial charge in [0.05, 0.1) is 0 Å². The van der Waals surface area contributed by atoms with Crippen LogP contribution in [0.25, 0.3) is 0 Å². The summed E-state index contributed by atoms with van der Waals surface area (Å²) in [6, 6.07) is 0. The van der Waals surface area contributed by atoms with E-state index in [1.807, 2.05) is 0 Å². The van der Waals surface area contributed by atoms with Gasteiger partial charge in [0.2, 0.25) is 0 Å². The second-order valence-corrected chi connectivity index (χ2v) is 10.2. The first-order valence-electron chi connectivity index (χ1n) is 9.02. The quantitative estimate of drug-likeness (QED) is 0.384. The van der Waals surface area contributed by atoms with E-state index in [4.69, 9.17) is 0 Å². The Morgan fingerprint density at radius 2 is 1.37 bits per heavy atom. The van der Waals surface area contributed by atoms with Crippen LogP contribution in [0.1, 0.15) is 52.4 Å². The number of alkyl halides is 6. The minimum Gasteiger partial charge on any atom is -0.373 e. The molecule has 0 aromatic rings. The Bertz CT molecular complexity index is 746. The highest BCUT2D eigenvalue weighted by atomic mass is 32.3. The van der Waals surface area contributed by atoms with E-state index in [1.54, 1.807) is 0 Å². The summed E-state index contributed by atoms with van der Waals surface area (Å²) < 4.78 is 108. The lowest BCUT2D eigenvalue weighted by atomic mass is 10.1. The monoisotopic (exact) mass is 488 g/mol. The van der Waals surface area contributed by atoms with Crippen LogP contribution >= 0.6 is 0 Å². The lowest BCUT2D eigenvalue weighted by molar-refractivity contribution is -0.0476. The van der Waals surface area contributed by atoms with Crippen LogP contribution in [0, 0.1) is 0 Å². The minimum absolute atomic E-state index is 0.493. The maximum atomic E-state index is 11.5. The van der Waals surface area contributed by atoms with E-state index in [2.05, 4.69) is 37.1 Å². The Morgan fingerprint density at radius 1 is 0.900 bits per heavy atom. The second-order valence-electron chi connectivity index (χ2n) is 6.57. The van der Waals surface area contributed by atoms with E-state index < -0.39 is 35.2 Å². The Balaban J connectivity index is 0.000000561. The fraction of sp³-hybridized carbons (Fsp3) is 0.750. The summed E-state index contributed by atoms with van der Waals surface area (Å²) in [5, 5.41) is 0. The van der Waals surface area contributed by atoms with Crippen LogP contribution in [0.2, 0.25) is 0 Å². The molecule has 1 aliphatic rings. The Kier molecular flexibility index (Phi) is 11.4. The molecule has 0 aliphatic carbocycles. The highest BCUT2D eigenvalue weighted by Crippen LogP contribution is 2.27. The van der Waals surface area contributed by atoms with Gasteiger partial charge in [0.15, 0.2) is 0 Å². The van der Waals surface area contributed by atoms with Gasteiger partial charge in [-0.3, -0.25) is 0 Å². The summed E-state index contributed by atoms with van der Waals surface area (Å²) in [6.45, 7) is 6.84. The van der Waals surface area contributed by atoms with Crippen LogP contribution in [-0.2, 0) is 20.0 Å². The Hall–Kier alpha value is -1.28. The maximum absolute atomic E-state index is 11.5. The van der Waals surface area contributed by atoms with Gasteiger partial charge in [-0.2, -0.15) is 26.3 Å². The van der Waals surface area contributed by atoms with E-state index >= 15 is 0 Å². The predicted octanol–water partition coefficient (Wildman–Crippen LogP) is 4.40. The molecule has 0 radical (unpaired) electrons. The molecule has 1 rings (SSSR count). The fourth-order valence-electron chi connectivity index (χ4n) is 2.24. The summed E-state index contributed by atoms with van der Waals surface area (Å²) >= 11 is 0. The van der Waals surface area contributed by atoms with Crippen molar-refractivity contribution in [3.05, 3.63) is 23.9 Å². The van der Waals surface area contributed by atoms with Gasteiger partial charge in [-0.05, 0) is 25.6 Å². The van der Waals surface area contributed by atoms with Crippen molar-refractivity contribution in [2.45, 2.75) is 63.4 Å². The van der Waals surface area contributed by atoms with Crippen LogP contribution in [-0.4, -0.2) is 45.8 Å². The molecule has 0 spiro atoms. The number of nitrogens with zero attached hydrogens (tertiary/aromatic N) is 1. The van der Waals surface area contributed by atoms with Crippen LogP contribution < -0.4 is 4.13 Å². The lowest BCUT2D eigenvalue weighted by Gasteiger charge is -2.23. The lowest BCUT2D eigenvalue weighted by Crippen LogP contribution is -2.45. The molecule has 1 heterocycles. The molecule has 0 saturated carbocycles. The highest BCUT2D eigenvalue weighted by Gasteiger charge is 2.55. The molecule has 30 heavy (non-hydrogen) atoms. The molecular formula is C16H26F6N2O4S2. The molecule has 178 valence electrons. The molecule has 0 fully saturated rings. The molecule has 0 atom stereocenters. The first-order chi connectivity index (χ1) is 13.5. The minimum atomic E-state index is -6.60. The van der Waals surface area contributed by atoms with Crippen molar-refractivity contribution in [1.82, 2.24) is 9.03 Å². The van der Waals surface area contributed by atoms with Crippen molar-refractivity contribution >= 4 is 20.0 Å². The van der Waals surface area contributed by atoms with Crippen LogP contribution in [0.15, 0.2) is 23.9 Å². The first kappa shape index (κ1) is 28.7. The van der Waals surface area contributed by atoms with E-state index in [9.17, 15) is 43.2 Å². The van der Waals surface area contributed by atoms with Crippen molar-refractivity contribution in [2.75, 3.05) is 13.1 Å². The average molecular weight is 489 g/mol. The molecular weight excluding hydrogens is 462 g/mol. The number of hydrogen-bond donors (Lipinski definition) is 1. The van der Waals surface area contributed by atoms with E-state index in [0.29, 0.717) is 0 Å². The van der Waals surface area contributed by atoms with Crippen LogP contribution in [0.3, 0.4) is 0 Å². The molecule has 14 heteroatoms. The molecule has 0 aromatic heterocycles. The standard InChI is InChI=1S/C14H25N.C2HF6NO4S2/c1-3-4-5-6-7-8-11-15-12-9-10-14(2)13-15;3-1(4,5)14(10,11)9-15(12,13)2(6,7)8/h9-10,12H,3-8,11,13H2,1-2H3;9H. The third kappa shape index (κ3) is 10.7. The van der Waals surface area contributed by atoms with Crippen molar-refractivity contribution in [1.29, 1.82) is 0 Å². The highest BCUT2D eigenvalue weighted by molar-refractivity contribution is 8.05. The second kappa shape index (κ2) is 11.9. The number of halogens is 6. The zero-order valence-corrected chi connectivity index (χ0v) is 18.2. The third-order valence-electron chi connectivity index (χ3n) is 3.76. The Morgan fingerprint density at radius 3 is 1.80 bits per heavy atom. The van der Waals surface area contributed by atoms with Crippen LogP contribution in [0.5, 0.6) is 0 Å². The molecule has 0 unspecified atom stereocenters. The normalized spacial score (nSPS) is 15.5. The third-order valence-corrected chi connectivity index (χ3v) is 6.73. The summed E-state index contributed by atoms with van der Waals surface area (Å²) in [4.78, 5) is 2.43. The molecule has 0 saturated heterocycles. The molecule has 1 aliphatic heterocycles. The van der Waals surface area contributed by atoms with Gasteiger partial charge >= 0.3 is 31.1 Å². The number of rotatable bonds is 9. The van der Waals surface area contributed by atoms with Crippen molar-refractivity contribution in [3.8, 4) is 0 Å². The molecule has 0 aromatic carbocycles. The number of sulfonamides is 2. The summed E-state index contributed by atoms with van der Waals surface area (Å²) in [6.07, 6.45) is 14.9. The largest absolute Gasteiger partial charge is 0.512 e. The first-order valence-corrected chi connectivity index (χ1v) is 12.0. The van der Waals surface area contributed by atoms with E-state index in [-0.39, 0.29) is 0 Å². The van der Waals surface area contributed by atoms with E-state index in [0.717, 1.165) is 6.54 Å². The smallest absolute Gasteiger partial charge is 0.373 e. The zero-order valence-electron chi connectivity index (χ0n) is 16.6. The van der Waals surface area contributed by atoms with Crippen molar-refractivity contribution < 1.29 is 43.2 Å². The van der Waals surface area contributed by atoms with Crippen molar-refractivity contribution in [2.24, 2.45) is 0 Å². The molecule has 0 bridgehead atoms. The SMILES string of the molecule is CCCCCCCCN1C=CC=C(C)C1.O=S(=O)(NS(=O)(=O)C(F)(F)F)C(F)(F)F. The van der Waals surface area contributed by atoms with E-state index in [1.165, 1.54) is 50.6 Å². The Labute approximate surface area is 173 Å². The topological polar surface area (TPSA) is 83.6 Å². The van der Waals surface area contributed by atoms with Crippen LogP contribution in [0.4, 0.5) is 26.3 Å². The summed E-state index contributed by atoms with van der Waals surface area (Å²) in [5.74, 6) is 0. The number of nitrogens with one attached hydrogen (secondary N) is 1. The summed E-state index contributed by atoms with van der Waals surface area (Å²) in [5.41, 5.74) is -10.8. The van der Waals surface area contributed by atoms with Gasteiger partial charge in [0.1, 0.15) is 0 Å². The fourth-order valence-corrected chi connectivity index (χ4v) is 4.15. The number of hydrogen-bond acceptors (Lipinski definition) is 5. The molecule has 1 N–H and O–H groups in total. The van der Waals surface area contributed by atoms with Crippen molar-refractivity contribution in [3.63, 3.8) is 0 Å². The van der Waals surface area contributed by atoms with Gasteiger partial charge in [0, 0.05) is 13.1 Å². The van der Waals surface area contributed by atoms with Gasteiger partial charge in [-0.15, -0.1) is 0 Å². The molecule has 0 amide bonds. The number of unbranched alkanes of at least 4 members (excludes halogenated alkanes) is 5.